The van der Waals surface area contributed by atoms with Gasteiger partial charge in [0.05, 0.1) is 18.0 Å². The first-order chi connectivity index (χ1) is 8.51. The minimum absolute atomic E-state index is 0.0593. The third-order valence-corrected chi connectivity index (χ3v) is 4.54. The minimum Gasteiger partial charge on any atom is -0.381 e. The molecule has 0 spiro atoms. The van der Waals surface area contributed by atoms with Crippen LogP contribution < -0.4 is 0 Å². The van der Waals surface area contributed by atoms with Crippen LogP contribution in [0.15, 0.2) is 0 Å². The van der Waals surface area contributed by atoms with Crippen molar-refractivity contribution < 1.29 is 17.9 Å². The predicted molar refractivity (Wildman–Crippen MR) is 72.5 cm³/mol. The lowest BCUT2D eigenvalue weighted by Gasteiger charge is -2.28. The zero-order chi connectivity index (χ0) is 13.4. The van der Waals surface area contributed by atoms with Gasteiger partial charge in [0.25, 0.3) is 0 Å². The highest BCUT2D eigenvalue weighted by Crippen LogP contribution is 2.23. The van der Waals surface area contributed by atoms with Gasteiger partial charge >= 0.3 is 0 Å². The average molecular weight is 299 g/mol. The van der Waals surface area contributed by atoms with Gasteiger partial charge in [0.2, 0.25) is 9.05 Å². The van der Waals surface area contributed by atoms with Gasteiger partial charge in [-0.3, -0.25) is 0 Å². The van der Waals surface area contributed by atoms with Crippen LogP contribution in [0, 0.1) is 0 Å². The highest BCUT2D eigenvalue weighted by Gasteiger charge is 2.21. The summed E-state index contributed by atoms with van der Waals surface area (Å²) in [4.78, 5) is 0. The lowest BCUT2D eigenvalue weighted by Crippen LogP contribution is -2.27. The summed E-state index contributed by atoms with van der Waals surface area (Å²) < 4.78 is 32.5. The van der Waals surface area contributed by atoms with E-state index >= 15 is 0 Å². The molecule has 1 aliphatic carbocycles. The van der Waals surface area contributed by atoms with Crippen molar-refractivity contribution in [2.45, 2.75) is 57.2 Å². The first-order valence-electron chi connectivity index (χ1n) is 6.58. The summed E-state index contributed by atoms with van der Waals surface area (Å²) in [6.07, 6.45) is 7.36. The van der Waals surface area contributed by atoms with Crippen molar-refractivity contribution in [3.63, 3.8) is 0 Å². The van der Waals surface area contributed by atoms with Crippen molar-refractivity contribution in [3.05, 3.63) is 0 Å². The zero-order valence-corrected chi connectivity index (χ0v) is 12.5. The molecular formula is C12H23ClO4S. The zero-order valence-electron chi connectivity index (χ0n) is 10.9. The molecule has 0 aromatic carbocycles. The van der Waals surface area contributed by atoms with Gasteiger partial charge in [-0.2, -0.15) is 0 Å². The third-order valence-electron chi connectivity index (χ3n) is 3.30. The number of hydrogen-bond donors (Lipinski definition) is 0. The molecule has 0 aromatic rings. The van der Waals surface area contributed by atoms with E-state index in [9.17, 15) is 8.42 Å². The molecule has 18 heavy (non-hydrogen) atoms. The molecule has 0 amide bonds. The first-order valence-corrected chi connectivity index (χ1v) is 9.06. The van der Waals surface area contributed by atoms with Crippen LogP contribution in [0.2, 0.25) is 0 Å². The molecule has 0 aromatic heterocycles. The van der Waals surface area contributed by atoms with Gasteiger partial charge in [-0.1, -0.05) is 6.42 Å². The quantitative estimate of drug-likeness (QED) is 0.511. The summed E-state index contributed by atoms with van der Waals surface area (Å²) in [5.41, 5.74) is 0. The summed E-state index contributed by atoms with van der Waals surface area (Å²) in [5, 5.41) is 0. The van der Waals surface area contributed by atoms with Crippen molar-refractivity contribution in [3.8, 4) is 0 Å². The van der Waals surface area contributed by atoms with Gasteiger partial charge in [0.15, 0.2) is 0 Å². The molecule has 0 bridgehead atoms. The molecule has 1 rings (SSSR count). The molecule has 1 fully saturated rings. The summed E-state index contributed by atoms with van der Waals surface area (Å²) in [5.74, 6) is 0.0593. The van der Waals surface area contributed by atoms with Crippen molar-refractivity contribution in [2.24, 2.45) is 0 Å². The molecular weight excluding hydrogens is 276 g/mol. The molecule has 4 nitrogen and oxygen atoms in total. The topological polar surface area (TPSA) is 52.6 Å². The van der Waals surface area contributed by atoms with Gasteiger partial charge in [0.1, 0.15) is 0 Å². The van der Waals surface area contributed by atoms with E-state index in [1.165, 1.54) is 0 Å². The Morgan fingerprint density at radius 3 is 2.56 bits per heavy atom. The molecule has 0 N–H and O–H groups in total. The smallest absolute Gasteiger partial charge is 0.232 e. The second-order valence-corrected chi connectivity index (χ2v) is 7.72. The highest BCUT2D eigenvalue weighted by molar-refractivity contribution is 8.13. The largest absolute Gasteiger partial charge is 0.381 e. The molecule has 2 unspecified atom stereocenters. The van der Waals surface area contributed by atoms with Crippen LogP contribution in [0.25, 0.3) is 0 Å². The Kier molecular flexibility index (Phi) is 7.53. The third kappa shape index (κ3) is 7.56. The Labute approximate surface area is 114 Å². The number of methoxy groups -OCH3 is 1. The van der Waals surface area contributed by atoms with E-state index in [1.807, 2.05) is 0 Å². The fraction of sp³-hybridized carbons (Fsp3) is 1.00. The van der Waals surface area contributed by atoms with Crippen LogP contribution in [-0.2, 0) is 18.5 Å². The summed E-state index contributed by atoms with van der Waals surface area (Å²) in [6.45, 7) is 0.698. The monoisotopic (exact) mass is 298 g/mol. The molecule has 108 valence electrons. The Morgan fingerprint density at radius 1 is 1.17 bits per heavy atom. The van der Waals surface area contributed by atoms with Crippen LogP contribution in [0.3, 0.4) is 0 Å². The van der Waals surface area contributed by atoms with Crippen LogP contribution in [-0.4, -0.2) is 40.1 Å². The van der Waals surface area contributed by atoms with E-state index in [0.717, 1.165) is 38.5 Å². The van der Waals surface area contributed by atoms with Crippen LogP contribution in [0.4, 0.5) is 0 Å². The lowest BCUT2D eigenvalue weighted by molar-refractivity contribution is -0.0302. The Bertz CT molecular complexity index is 318. The number of hydrogen-bond acceptors (Lipinski definition) is 4. The Hall–Kier alpha value is 0.160. The van der Waals surface area contributed by atoms with Crippen molar-refractivity contribution in [1.29, 1.82) is 0 Å². The molecule has 6 heteroatoms. The molecule has 0 heterocycles. The van der Waals surface area contributed by atoms with Gasteiger partial charge in [-0.15, -0.1) is 0 Å². The second-order valence-electron chi connectivity index (χ2n) is 4.82. The normalized spacial score (nSPS) is 25.2. The first kappa shape index (κ1) is 16.2. The van der Waals surface area contributed by atoms with Gasteiger partial charge < -0.3 is 9.47 Å². The fourth-order valence-electron chi connectivity index (χ4n) is 2.27. The van der Waals surface area contributed by atoms with E-state index in [-0.39, 0.29) is 5.75 Å². The lowest BCUT2D eigenvalue weighted by atomic mass is 9.95. The Balaban J connectivity index is 2.00. The van der Waals surface area contributed by atoms with E-state index < -0.39 is 9.05 Å². The predicted octanol–water partition coefficient (Wildman–Crippen LogP) is 2.70. The van der Waals surface area contributed by atoms with Crippen molar-refractivity contribution in [2.75, 3.05) is 19.5 Å². The summed E-state index contributed by atoms with van der Waals surface area (Å²) >= 11 is 0. The van der Waals surface area contributed by atoms with E-state index in [0.29, 0.717) is 25.2 Å². The number of ether oxygens (including phenoxy) is 2. The SMILES string of the molecule is COC1CCCC(OCCCCCS(=O)(=O)Cl)C1. The highest BCUT2D eigenvalue weighted by atomic mass is 35.7. The summed E-state index contributed by atoms with van der Waals surface area (Å²) in [6, 6.07) is 0. The van der Waals surface area contributed by atoms with Gasteiger partial charge in [-0.05, 0) is 38.5 Å². The summed E-state index contributed by atoms with van der Waals surface area (Å²) in [7, 11) is 3.55. The second kappa shape index (κ2) is 8.35. The Morgan fingerprint density at radius 2 is 1.89 bits per heavy atom. The van der Waals surface area contributed by atoms with Crippen molar-refractivity contribution >= 4 is 19.7 Å². The maximum Gasteiger partial charge on any atom is 0.232 e. The molecule has 0 radical (unpaired) electrons. The van der Waals surface area contributed by atoms with Crippen LogP contribution in [0.5, 0.6) is 0 Å². The molecule has 2 atom stereocenters. The van der Waals surface area contributed by atoms with Crippen molar-refractivity contribution in [1.82, 2.24) is 0 Å². The molecule has 1 aliphatic rings. The number of unbranched alkanes of at least 4 members (excludes halogenated alkanes) is 2. The maximum atomic E-state index is 10.7. The van der Waals surface area contributed by atoms with E-state index in [1.54, 1.807) is 7.11 Å². The molecule has 1 saturated carbocycles. The van der Waals surface area contributed by atoms with Crippen LogP contribution in [0.1, 0.15) is 44.9 Å². The van der Waals surface area contributed by atoms with Gasteiger partial charge in [-0.25, -0.2) is 8.42 Å². The standard InChI is InChI=1S/C12H23ClO4S/c1-16-11-6-5-7-12(10-11)17-8-3-2-4-9-18(13,14)15/h11-12H,2-10H2,1H3. The maximum absolute atomic E-state index is 10.7. The molecule has 0 aliphatic heterocycles. The average Bonchev–Trinajstić information content (AvgIpc) is 2.32. The fourth-order valence-corrected chi connectivity index (χ4v) is 3.15. The number of rotatable bonds is 8. The van der Waals surface area contributed by atoms with E-state index in [2.05, 4.69) is 0 Å². The van der Waals surface area contributed by atoms with E-state index in [4.69, 9.17) is 20.2 Å². The molecule has 0 saturated heterocycles. The minimum atomic E-state index is -3.33. The van der Waals surface area contributed by atoms with Gasteiger partial charge in [0, 0.05) is 24.4 Å². The van der Waals surface area contributed by atoms with Crippen LogP contribution >= 0.6 is 10.7 Å². The number of halogens is 1.